The third-order valence-corrected chi connectivity index (χ3v) is 4.19. The molecule has 1 aromatic carbocycles. The van der Waals surface area contributed by atoms with E-state index >= 15 is 0 Å². The van der Waals surface area contributed by atoms with Gasteiger partial charge in [-0.25, -0.2) is 0 Å². The van der Waals surface area contributed by atoms with E-state index < -0.39 is 5.97 Å². The molecule has 0 amide bonds. The molecule has 0 radical (unpaired) electrons. The molecular weight excluding hydrogens is 344 g/mol. The summed E-state index contributed by atoms with van der Waals surface area (Å²) in [5.74, 6) is -1.02. The Labute approximate surface area is 135 Å². The molecule has 0 bridgehead atoms. The molecule has 104 valence electrons. The molecule has 1 aromatic heterocycles. The molecule has 0 fully saturated rings. The lowest BCUT2D eigenvalue weighted by Gasteiger charge is -2.09. The summed E-state index contributed by atoms with van der Waals surface area (Å²) in [6.45, 7) is 0. The van der Waals surface area contributed by atoms with Crippen molar-refractivity contribution in [1.29, 1.82) is 0 Å². The molecule has 3 nitrogen and oxygen atoms in total. The highest BCUT2D eigenvalue weighted by atomic mass is 35.5. The first-order valence-corrected chi connectivity index (χ1v) is 6.92. The number of benzene rings is 1. The van der Waals surface area contributed by atoms with Crippen molar-refractivity contribution in [3.63, 3.8) is 0 Å². The lowest BCUT2D eigenvalue weighted by Crippen LogP contribution is -2.04. The number of carbonyl (C=O) groups is 1. The van der Waals surface area contributed by atoms with E-state index in [0.717, 1.165) is 0 Å². The van der Waals surface area contributed by atoms with E-state index in [1.165, 1.54) is 0 Å². The van der Waals surface area contributed by atoms with Crippen LogP contribution in [0.15, 0.2) is 24.3 Å². The lowest BCUT2D eigenvalue weighted by molar-refractivity contribution is -0.136. The molecule has 0 spiro atoms. The highest BCUT2D eigenvalue weighted by molar-refractivity contribution is 6.49. The van der Waals surface area contributed by atoms with Crippen LogP contribution in [0.5, 0.6) is 0 Å². The van der Waals surface area contributed by atoms with E-state index in [-0.39, 0.29) is 27.2 Å². The average Bonchev–Trinajstić information content (AvgIpc) is 2.39. The highest BCUT2D eigenvalue weighted by Crippen LogP contribution is 2.37. The standard InChI is InChI=1S/C13H7Cl4NO2/c14-7-3-4-9(18-10(7)5-11(19)20)6-1-2-8(15)13(17)12(6)16/h1-4H,5H2,(H,19,20). The summed E-state index contributed by atoms with van der Waals surface area (Å²) in [6, 6.07) is 6.47. The molecule has 2 rings (SSSR count). The molecule has 0 saturated carbocycles. The maximum Gasteiger partial charge on any atom is 0.309 e. The van der Waals surface area contributed by atoms with E-state index in [2.05, 4.69) is 4.98 Å². The minimum Gasteiger partial charge on any atom is -0.481 e. The smallest absolute Gasteiger partial charge is 0.309 e. The third-order valence-electron chi connectivity index (χ3n) is 2.55. The zero-order chi connectivity index (χ0) is 14.9. The Kier molecular flexibility index (Phi) is 4.76. The van der Waals surface area contributed by atoms with Gasteiger partial charge in [0.1, 0.15) is 0 Å². The van der Waals surface area contributed by atoms with Gasteiger partial charge in [-0.3, -0.25) is 9.78 Å². The molecular formula is C13H7Cl4NO2. The van der Waals surface area contributed by atoms with Gasteiger partial charge in [0.15, 0.2) is 0 Å². The molecule has 0 aliphatic rings. The molecule has 0 saturated heterocycles. The summed E-state index contributed by atoms with van der Waals surface area (Å²) in [4.78, 5) is 15.0. The van der Waals surface area contributed by atoms with Crippen LogP contribution in [0.3, 0.4) is 0 Å². The van der Waals surface area contributed by atoms with Gasteiger partial charge in [-0.1, -0.05) is 46.4 Å². The summed E-state index contributed by atoms with van der Waals surface area (Å²) in [5.41, 5.74) is 1.30. The number of aromatic nitrogens is 1. The zero-order valence-electron chi connectivity index (χ0n) is 9.83. The number of halogens is 4. The maximum atomic E-state index is 10.8. The van der Waals surface area contributed by atoms with E-state index in [9.17, 15) is 4.79 Å². The van der Waals surface area contributed by atoms with Gasteiger partial charge in [0.25, 0.3) is 0 Å². The predicted octanol–water partition coefficient (Wildman–Crippen LogP) is 4.99. The number of hydrogen-bond acceptors (Lipinski definition) is 2. The number of nitrogens with zero attached hydrogens (tertiary/aromatic N) is 1. The van der Waals surface area contributed by atoms with E-state index in [4.69, 9.17) is 51.5 Å². The van der Waals surface area contributed by atoms with Crippen molar-refractivity contribution in [2.24, 2.45) is 0 Å². The maximum absolute atomic E-state index is 10.8. The van der Waals surface area contributed by atoms with Crippen LogP contribution in [0.25, 0.3) is 11.3 Å². The van der Waals surface area contributed by atoms with Gasteiger partial charge >= 0.3 is 5.97 Å². The van der Waals surface area contributed by atoms with Crippen molar-refractivity contribution < 1.29 is 9.90 Å². The monoisotopic (exact) mass is 349 g/mol. The van der Waals surface area contributed by atoms with E-state index in [0.29, 0.717) is 16.3 Å². The molecule has 0 unspecified atom stereocenters. The lowest BCUT2D eigenvalue weighted by atomic mass is 10.1. The number of pyridine rings is 1. The normalized spacial score (nSPS) is 10.6. The second-order valence-electron chi connectivity index (χ2n) is 3.92. The summed E-state index contributed by atoms with van der Waals surface area (Å²) in [6.07, 6.45) is -0.272. The highest BCUT2D eigenvalue weighted by Gasteiger charge is 2.14. The first-order valence-electron chi connectivity index (χ1n) is 5.41. The molecule has 7 heteroatoms. The van der Waals surface area contributed by atoms with Crippen molar-refractivity contribution in [2.45, 2.75) is 6.42 Å². The third kappa shape index (κ3) is 3.18. The fraction of sp³-hybridized carbons (Fsp3) is 0.0769. The molecule has 1 N–H and O–H groups in total. The van der Waals surface area contributed by atoms with Gasteiger partial charge < -0.3 is 5.11 Å². The van der Waals surface area contributed by atoms with Crippen LogP contribution >= 0.6 is 46.4 Å². The van der Waals surface area contributed by atoms with Crippen molar-refractivity contribution in [1.82, 2.24) is 4.98 Å². The number of rotatable bonds is 3. The minimum absolute atomic E-state index is 0.224. The fourth-order valence-corrected chi connectivity index (χ4v) is 2.43. The van der Waals surface area contributed by atoms with E-state index in [1.54, 1.807) is 24.3 Å². The number of carboxylic acids is 1. The summed E-state index contributed by atoms with van der Waals surface area (Å²) in [5, 5.41) is 9.93. The fourth-order valence-electron chi connectivity index (χ4n) is 1.63. The number of aliphatic carboxylic acids is 1. The molecule has 1 heterocycles. The Bertz CT molecular complexity index is 688. The van der Waals surface area contributed by atoms with Crippen LogP contribution in [0, 0.1) is 0 Å². The van der Waals surface area contributed by atoms with E-state index in [1.807, 2.05) is 0 Å². The molecule has 0 atom stereocenters. The molecule has 2 aromatic rings. The van der Waals surface area contributed by atoms with Crippen molar-refractivity contribution in [2.75, 3.05) is 0 Å². The first-order chi connectivity index (χ1) is 9.40. The largest absolute Gasteiger partial charge is 0.481 e. The second-order valence-corrected chi connectivity index (χ2v) is 5.49. The first kappa shape index (κ1) is 15.4. The number of carboxylic acid groups (broad SMARTS) is 1. The van der Waals surface area contributed by atoms with Gasteiger partial charge in [-0.05, 0) is 24.3 Å². The van der Waals surface area contributed by atoms with Gasteiger partial charge in [0.05, 0.1) is 37.9 Å². The van der Waals surface area contributed by atoms with Crippen LogP contribution in [-0.2, 0) is 11.2 Å². The second kappa shape index (κ2) is 6.19. The summed E-state index contributed by atoms with van der Waals surface area (Å²) < 4.78 is 0. The van der Waals surface area contributed by atoms with Crippen LogP contribution in [0.4, 0.5) is 0 Å². The Morgan fingerprint density at radius 1 is 1.00 bits per heavy atom. The predicted molar refractivity (Wildman–Crippen MR) is 81.1 cm³/mol. The van der Waals surface area contributed by atoms with Crippen molar-refractivity contribution in [3.8, 4) is 11.3 Å². The molecule has 0 aliphatic carbocycles. The van der Waals surface area contributed by atoms with Gasteiger partial charge in [0.2, 0.25) is 0 Å². The Morgan fingerprint density at radius 3 is 2.30 bits per heavy atom. The van der Waals surface area contributed by atoms with Crippen LogP contribution in [-0.4, -0.2) is 16.1 Å². The van der Waals surface area contributed by atoms with Gasteiger partial charge in [0, 0.05) is 5.56 Å². The Balaban J connectivity index is 2.54. The Hall–Kier alpha value is -1.000. The molecule has 20 heavy (non-hydrogen) atoms. The Morgan fingerprint density at radius 2 is 1.65 bits per heavy atom. The quantitative estimate of drug-likeness (QED) is 0.793. The topological polar surface area (TPSA) is 50.2 Å². The summed E-state index contributed by atoms with van der Waals surface area (Å²) in [7, 11) is 0. The van der Waals surface area contributed by atoms with Crippen LogP contribution < -0.4 is 0 Å². The number of hydrogen-bond donors (Lipinski definition) is 1. The van der Waals surface area contributed by atoms with Crippen molar-refractivity contribution in [3.05, 3.63) is 50.0 Å². The summed E-state index contributed by atoms with van der Waals surface area (Å²) >= 11 is 23.9. The van der Waals surface area contributed by atoms with Crippen LogP contribution in [0.2, 0.25) is 20.1 Å². The van der Waals surface area contributed by atoms with Crippen molar-refractivity contribution >= 4 is 52.4 Å². The average molecular weight is 351 g/mol. The zero-order valence-corrected chi connectivity index (χ0v) is 12.9. The van der Waals surface area contributed by atoms with Crippen LogP contribution in [0.1, 0.15) is 5.69 Å². The minimum atomic E-state index is -1.02. The van der Waals surface area contributed by atoms with Gasteiger partial charge in [-0.2, -0.15) is 0 Å². The van der Waals surface area contributed by atoms with Gasteiger partial charge in [-0.15, -0.1) is 0 Å². The SMILES string of the molecule is O=C(O)Cc1nc(-c2ccc(Cl)c(Cl)c2Cl)ccc1Cl. The molecule has 0 aliphatic heterocycles.